The van der Waals surface area contributed by atoms with Crippen LogP contribution >= 0.6 is 0 Å². The summed E-state index contributed by atoms with van der Waals surface area (Å²) in [6, 6.07) is 0. The van der Waals surface area contributed by atoms with Crippen molar-refractivity contribution in [2.75, 3.05) is 0 Å². The largest absolute Gasteiger partial charge is 0.423 e. The van der Waals surface area contributed by atoms with Crippen LogP contribution < -0.4 is 16.3 Å². The van der Waals surface area contributed by atoms with Gasteiger partial charge in [0.05, 0.1) is 5.39 Å². The Morgan fingerprint density at radius 1 is 1.33 bits per heavy atom. The van der Waals surface area contributed by atoms with Crippen LogP contribution in [0.25, 0.3) is 30.0 Å². The maximum Gasteiger partial charge on any atom is 0.345 e. The topological polar surface area (TPSA) is 43.1 Å². The molecule has 2 aromatic heterocycles. The van der Waals surface area contributed by atoms with Crippen LogP contribution in [0.4, 0.5) is 0 Å². The van der Waals surface area contributed by atoms with Gasteiger partial charge in [0.1, 0.15) is 5.42 Å². The van der Waals surface area contributed by atoms with Gasteiger partial charge in [-0.3, -0.25) is 4.98 Å². The molecule has 15 heavy (non-hydrogen) atoms. The van der Waals surface area contributed by atoms with Gasteiger partial charge in [-0.2, -0.15) is 0 Å². The molecule has 0 aromatic carbocycles. The van der Waals surface area contributed by atoms with Gasteiger partial charge in [0.2, 0.25) is 0 Å². The zero-order chi connectivity index (χ0) is 11.0. The molecule has 0 aliphatic rings. The Morgan fingerprint density at radius 3 is 2.73 bits per heavy atom. The fraction of sp³-hybridized carbons (Fsp3) is 0. The van der Waals surface area contributed by atoms with Crippen molar-refractivity contribution in [1.82, 2.24) is 4.98 Å². The second kappa shape index (κ2) is 3.20. The maximum atomic E-state index is 11.5. The van der Waals surface area contributed by atoms with E-state index in [1.165, 1.54) is 6.20 Å². The average Bonchev–Trinajstić information content (AvgIpc) is 2.25. The van der Waals surface area contributed by atoms with E-state index < -0.39 is 5.63 Å². The van der Waals surface area contributed by atoms with Crippen LogP contribution in [0.5, 0.6) is 0 Å². The van der Waals surface area contributed by atoms with Crippen LogP contribution in [-0.4, -0.2) is 4.98 Å². The van der Waals surface area contributed by atoms with Gasteiger partial charge in [-0.05, 0) is 0 Å². The standard InChI is InChI=1S/C12H9NO2/c1-4-9-5-13-6-10-11(9)7(2)8(3)15-12(10)14/h4-6H,1-3H2. The van der Waals surface area contributed by atoms with Crippen molar-refractivity contribution in [2.24, 2.45) is 0 Å². The van der Waals surface area contributed by atoms with Crippen molar-refractivity contribution in [3.05, 3.63) is 45.6 Å². The zero-order valence-electron chi connectivity index (χ0n) is 8.12. The third-order valence-corrected chi connectivity index (χ3v) is 2.27. The number of aromatic nitrogens is 1. The predicted octanol–water partition coefficient (Wildman–Crippen LogP) is 0.652. The van der Waals surface area contributed by atoms with E-state index in [0.717, 1.165) is 5.56 Å². The maximum absolute atomic E-state index is 11.5. The molecule has 0 atom stereocenters. The number of hydrogen-bond acceptors (Lipinski definition) is 3. The number of pyridine rings is 1. The Labute approximate surface area is 85.7 Å². The predicted molar refractivity (Wildman–Crippen MR) is 60.7 cm³/mol. The Bertz CT molecular complexity index is 698. The van der Waals surface area contributed by atoms with Gasteiger partial charge in [0.15, 0.2) is 0 Å². The Balaban J connectivity index is 3.25. The first-order chi connectivity index (χ1) is 7.15. The normalized spacial score (nSPS) is 10.4. The van der Waals surface area contributed by atoms with Crippen LogP contribution in [-0.2, 0) is 0 Å². The monoisotopic (exact) mass is 199 g/mol. The van der Waals surface area contributed by atoms with Crippen molar-refractivity contribution in [3.63, 3.8) is 0 Å². The number of hydrogen-bond donors (Lipinski definition) is 0. The average molecular weight is 199 g/mol. The molecule has 0 unspecified atom stereocenters. The highest BCUT2D eigenvalue weighted by Crippen LogP contribution is 2.09. The van der Waals surface area contributed by atoms with Gasteiger partial charge in [0, 0.05) is 28.6 Å². The van der Waals surface area contributed by atoms with E-state index in [2.05, 4.69) is 24.7 Å². The third-order valence-electron chi connectivity index (χ3n) is 2.27. The quantitative estimate of drug-likeness (QED) is 0.677. The number of rotatable bonds is 1. The molecule has 3 heteroatoms. The van der Waals surface area contributed by atoms with Crippen molar-refractivity contribution >= 4 is 30.0 Å². The molecule has 0 spiro atoms. The lowest BCUT2D eigenvalue weighted by Crippen LogP contribution is -2.28. The highest BCUT2D eigenvalue weighted by atomic mass is 16.4. The van der Waals surface area contributed by atoms with Crippen LogP contribution in [0.3, 0.4) is 0 Å². The Kier molecular flexibility index (Phi) is 2.01. The van der Waals surface area contributed by atoms with E-state index in [9.17, 15) is 4.79 Å². The highest BCUT2D eigenvalue weighted by molar-refractivity contribution is 5.88. The van der Waals surface area contributed by atoms with Crippen molar-refractivity contribution < 1.29 is 4.42 Å². The molecule has 2 heterocycles. The van der Waals surface area contributed by atoms with Gasteiger partial charge < -0.3 is 4.42 Å². The molecule has 2 rings (SSSR count). The fourth-order valence-electron chi connectivity index (χ4n) is 1.49. The van der Waals surface area contributed by atoms with E-state index in [1.807, 2.05) is 0 Å². The molecule has 2 aromatic rings. The van der Waals surface area contributed by atoms with Gasteiger partial charge in [-0.25, -0.2) is 4.79 Å². The van der Waals surface area contributed by atoms with Gasteiger partial charge in [0.25, 0.3) is 0 Å². The minimum Gasteiger partial charge on any atom is -0.423 e. The highest BCUT2D eigenvalue weighted by Gasteiger charge is 2.05. The molecule has 74 valence electrons. The summed E-state index contributed by atoms with van der Waals surface area (Å²) in [5.74, 6) is 0. The summed E-state index contributed by atoms with van der Waals surface area (Å²) < 4.78 is 4.92. The third kappa shape index (κ3) is 1.29. The van der Waals surface area contributed by atoms with E-state index >= 15 is 0 Å². The van der Waals surface area contributed by atoms with Gasteiger partial charge in [-0.1, -0.05) is 25.8 Å². The molecule has 0 radical (unpaired) electrons. The zero-order valence-corrected chi connectivity index (χ0v) is 8.12. The summed E-state index contributed by atoms with van der Waals surface area (Å²) >= 11 is 0. The lowest BCUT2D eigenvalue weighted by molar-refractivity contribution is 0.484. The van der Waals surface area contributed by atoms with E-state index in [-0.39, 0.29) is 5.42 Å². The first-order valence-corrected chi connectivity index (χ1v) is 4.36. The fourth-order valence-corrected chi connectivity index (χ4v) is 1.49. The van der Waals surface area contributed by atoms with E-state index in [1.54, 1.807) is 12.3 Å². The first kappa shape index (κ1) is 9.40. The molecule has 0 bridgehead atoms. The smallest absolute Gasteiger partial charge is 0.345 e. The van der Waals surface area contributed by atoms with Crippen LogP contribution in [0.1, 0.15) is 5.56 Å². The van der Waals surface area contributed by atoms with Crippen molar-refractivity contribution in [3.8, 4) is 0 Å². The Morgan fingerprint density at radius 2 is 2.07 bits per heavy atom. The summed E-state index contributed by atoms with van der Waals surface area (Å²) in [6.07, 6.45) is 4.72. The Hall–Kier alpha value is -2.16. The van der Waals surface area contributed by atoms with E-state index in [0.29, 0.717) is 16.0 Å². The lowest BCUT2D eigenvalue weighted by Gasteiger charge is -2.00. The summed E-state index contributed by atoms with van der Waals surface area (Å²) in [4.78, 5) is 15.4. The molecular weight excluding hydrogens is 190 g/mol. The lowest BCUT2D eigenvalue weighted by atomic mass is 10.1. The molecule has 0 amide bonds. The molecule has 0 fully saturated rings. The summed E-state index contributed by atoms with van der Waals surface area (Å²) in [5.41, 5.74) is 0.593. The molecule has 0 aliphatic carbocycles. The first-order valence-electron chi connectivity index (χ1n) is 4.36. The minimum atomic E-state index is -0.446. The SMILES string of the molecule is C=Cc1cncc2c(=O)oc(=C)c(=C)c12. The minimum absolute atomic E-state index is 0.279. The molecular formula is C12H9NO2. The second-order valence-electron chi connectivity index (χ2n) is 3.15. The second-order valence-corrected chi connectivity index (χ2v) is 3.15. The van der Waals surface area contributed by atoms with Gasteiger partial charge in [-0.15, -0.1) is 0 Å². The molecule has 0 aliphatic heterocycles. The number of nitrogens with zero attached hydrogens (tertiary/aromatic N) is 1. The summed E-state index contributed by atoms with van der Waals surface area (Å²) in [6.45, 7) is 11.1. The van der Waals surface area contributed by atoms with Crippen molar-refractivity contribution in [2.45, 2.75) is 0 Å². The summed E-state index contributed by atoms with van der Waals surface area (Å²) in [7, 11) is 0. The van der Waals surface area contributed by atoms with Crippen LogP contribution in [0.15, 0.2) is 28.2 Å². The van der Waals surface area contributed by atoms with Crippen LogP contribution in [0.2, 0.25) is 0 Å². The van der Waals surface area contributed by atoms with E-state index in [4.69, 9.17) is 4.42 Å². The molecule has 0 saturated carbocycles. The number of fused-ring (bicyclic) bond motifs is 1. The molecule has 0 saturated heterocycles. The summed E-state index contributed by atoms with van der Waals surface area (Å²) in [5, 5.41) is 1.72. The van der Waals surface area contributed by atoms with Gasteiger partial charge >= 0.3 is 5.63 Å². The molecule has 3 nitrogen and oxygen atoms in total. The van der Waals surface area contributed by atoms with Crippen molar-refractivity contribution in [1.29, 1.82) is 0 Å². The van der Waals surface area contributed by atoms with Crippen LogP contribution in [0, 0.1) is 0 Å². The molecule has 0 N–H and O–H groups in total.